The second-order valence-electron chi connectivity index (χ2n) is 6.29. The van der Waals surface area contributed by atoms with Crippen molar-refractivity contribution in [2.24, 2.45) is 0 Å². The van der Waals surface area contributed by atoms with Crippen molar-refractivity contribution in [3.05, 3.63) is 41.5 Å². The summed E-state index contributed by atoms with van der Waals surface area (Å²) in [5.74, 6) is 0. The van der Waals surface area contributed by atoms with E-state index in [1.807, 2.05) is 6.92 Å². The molecule has 0 radical (unpaired) electrons. The number of hydrogen-bond donors (Lipinski definition) is 0. The standard InChI is InChI=1S/C16H26OSi/c1-7-9-14-10-8-11-15(12-14)13-17-18(5,6)16(2,3)4/h7-12H,13H2,1-6H3/b9-7+. The molecule has 0 aliphatic heterocycles. The van der Waals surface area contributed by atoms with Gasteiger partial charge in [-0.05, 0) is 42.2 Å². The maximum atomic E-state index is 6.23. The van der Waals surface area contributed by atoms with Crippen LogP contribution in [-0.4, -0.2) is 8.32 Å². The molecule has 1 aromatic carbocycles. The summed E-state index contributed by atoms with van der Waals surface area (Å²) in [4.78, 5) is 0. The number of allylic oxidation sites excluding steroid dienone is 1. The van der Waals surface area contributed by atoms with Crippen molar-refractivity contribution < 1.29 is 4.43 Å². The Morgan fingerprint density at radius 1 is 1.22 bits per heavy atom. The summed E-state index contributed by atoms with van der Waals surface area (Å²) in [5, 5.41) is 0.272. The predicted molar refractivity (Wildman–Crippen MR) is 83.1 cm³/mol. The van der Waals surface area contributed by atoms with Gasteiger partial charge in [-0.2, -0.15) is 0 Å². The van der Waals surface area contributed by atoms with Gasteiger partial charge in [0.05, 0.1) is 6.61 Å². The van der Waals surface area contributed by atoms with E-state index < -0.39 is 8.32 Å². The van der Waals surface area contributed by atoms with E-state index in [4.69, 9.17) is 4.43 Å². The second kappa shape index (κ2) is 5.85. The smallest absolute Gasteiger partial charge is 0.192 e. The molecule has 0 saturated carbocycles. The van der Waals surface area contributed by atoms with E-state index in [0.29, 0.717) is 0 Å². The van der Waals surface area contributed by atoms with Gasteiger partial charge in [-0.3, -0.25) is 0 Å². The molecule has 0 fully saturated rings. The van der Waals surface area contributed by atoms with Crippen LogP contribution in [0.4, 0.5) is 0 Å². The first-order chi connectivity index (χ1) is 8.26. The number of benzene rings is 1. The topological polar surface area (TPSA) is 9.23 Å². The molecule has 0 spiro atoms. The summed E-state index contributed by atoms with van der Waals surface area (Å²) in [6, 6.07) is 8.56. The minimum atomic E-state index is -1.64. The first-order valence-electron chi connectivity index (χ1n) is 6.62. The van der Waals surface area contributed by atoms with Gasteiger partial charge in [0.15, 0.2) is 8.32 Å². The number of hydrogen-bond acceptors (Lipinski definition) is 1. The van der Waals surface area contributed by atoms with Crippen molar-refractivity contribution in [1.29, 1.82) is 0 Å². The molecule has 2 heteroatoms. The van der Waals surface area contributed by atoms with E-state index in [9.17, 15) is 0 Å². The lowest BCUT2D eigenvalue weighted by atomic mass is 10.1. The summed E-state index contributed by atoms with van der Waals surface area (Å²) >= 11 is 0. The molecule has 0 N–H and O–H groups in total. The summed E-state index contributed by atoms with van der Waals surface area (Å²) < 4.78 is 6.23. The molecule has 0 bridgehead atoms. The molecule has 0 unspecified atom stereocenters. The SMILES string of the molecule is C/C=C/c1cccc(CO[Si](C)(C)C(C)(C)C)c1. The first kappa shape index (κ1) is 15.2. The van der Waals surface area contributed by atoms with Crippen molar-refractivity contribution in [2.45, 2.75) is 52.4 Å². The zero-order valence-corrected chi connectivity index (χ0v) is 13.6. The van der Waals surface area contributed by atoms with Crippen LogP contribution < -0.4 is 0 Å². The molecule has 100 valence electrons. The van der Waals surface area contributed by atoms with Crippen LogP contribution in [0.25, 0.3) is 6.08 Å². The minimum absolute atomic E-state index is 0.272. The Morgan fingerprint density at radius 3 is 2.44 bits per heavy atom. The van der Waals surface area contributed by atoms with E-state index in [1.165, 1.54) is 11.1 Å². The van der Waals surface area contributed by atoms with E-state index in [1.54, 1.807) is 0 Å². The quantitative estimate of drug-likeness (QED) is 0.674. The maximum absolute atomic E-state index is 6.23. The Bertz CT molecular complexity index is 413. The van der Waals surface area contributed by atoms with Gasteiger partial charge >= 0.3 is 0 Å². The molecule has 0 saturated heterocycles. The van der Waals surface area contributed by atoms with Crippen LogP contribution >= 0.6 is 0 Å². The molecule has 0 heterocycles. The zero-order valence-electron chi connectivity index (χ0n) is 12.6. The highest BCUT2D eigenvalue weighted by Crippen LogP contribution is 2.37. The molecular weight excluding hydrogens is 236 g/mol. The molecule has 1 rings (SSSR count). The van der Waals surface area contributed by atoms with Gasteiger partial charge in [0.25, 0.3) is 0 Å². The Morgan fingerprint density at radius 2 is 1.89 bits per heavy atom. The Kier molecular flexibility index (Phi) is 4.94. The highest BCUT2D eigenvalue weighted by molar-refractivity contribution is 6.74. The molecule has 0 amide bonds. The van der Waals surface area contributed by atoms with Crippen molar-refractivity contribution >= 4 is 14.4 Å². The van der Waals surface area contributed by atoms with Crippen molar-refractivity contribution in [1.82, 2.24) is 0 Å². The third kappa shape index (κ3) is 4.11. The maximum Gasteiger partial charge on any atom is 0.192 e. The summed E-state index contributed by atoms with van der Waals surface area (Å²) in [7, 11) is -1.64. The molecule has 18 heavy (non-hydrogen) atoms. The third-order valence-electron chi connectivity index (χ3n) is 3.72. The summed E-state index contributed by atoms with van der Waals surface area (Å²) in [6.07, 6.45) is 4.18. The van der Waals surface area contributed by atoms with E-state index in [0.717, 1.165) is 6.61 Å². The van der Waals surface area contributed by atoms with Crippen LogP contribution in [0.15, 0.2) is 30.3 Å². The normalized spacial score (nSPS) is 13.2. The van der Waals surface area contributed by atoms with Crippen LogP contribution in [0.2, 0.25) is 18.1 Å². The number of rotatable bonds is 4. The lowest BCUT2D eigenvalue weighted by molar-refractivity contribution is 0.276. The van der Waals surface area contributed by atoms with E-state index in [-0.39, 0.29) is 5.04 Å². The van der Waals surface area contributed by atoms with Crippen LogP contribution in [-0.2, 0) is 11.0 Å². The largest absolute Gasteiger partial charge is 0.413 e. The van der Waals surface area contributed by atoms with Gasteiger partial charge in [0.2, 0.25) is 0 Å². The summed E-state index contributed by atoms with van der Waals surface area (Å²) in [5.41, 5.74) is 2.50. The van der Waals surface area contributed by atoms with Gasteiger partial charge in [-0.1, -0.05) is 51.1 Å². The second-order valence-corrected chi connectivity index (χ2v) is 11.1. The van der Waals surface area contributed by atoms with Crippen molar-refractivity contribution in [3.63, 3.8) is 0 Å². The first-order valence-corrected chi connectivity index (χ1v) is 9.53. The fourth-order valence-electron chi connectivity index (χ4n) is 1.46. The molecular formula is C16H26OSi. The fourth-order valence-corrected chi connectivity index (χ4v) is 2.42. The summed E-state index contributed by atoms with van der Waals surface area (Å²) in [6.45, 7) is 14.2. The van der Waals surface area contributed by atoms with Gasteiger partial charge in [0, 0.05) is 0 Å². The highest BCUT2D eigenvalue weighted by Gasteiger charge is 2.36. The van der Waals surface area contributed by atoms with Crippen LogP contribution in [0.1, 0.15) is 38.8 Å². The minimum Gasteiger partial charge on any atom is -0.413 e. The highest BCUT2D eigenvalue weighted by atomic mass is 28.4. The van der Waals surface area contributed by atoms with Crippen LogP contribution in [0.5, 0.6) is 0 Å². The molecule has 0 aliphatic rings. The van der Waals surface area contributed by atoms with Crippen LogP contribution in [0, 0.1) is 0 Å². The van der Waals surface area contributed by atoms with Crippen LogP contribution in [0.3, 0.4) is 0 Å². The van der Waals surface area contributed by atoms with Gasteiger partial charge in [0.1, 0.15) is 0 Å². The van der Waals surface area contributed by atoms with E-state index >= 15 is 0 Å². The monoisotopic (exact) mass is 262 g/mol. The Balaban J connectivity index is 2.72. The zero-order chi connectivity index (χ0) is 13.8. The molecule has 0 aromatic heterocycles. The van der Waals surface area contributed by atoms with Gasteiger partial charge in [-0.15, -0.1) is 0 Å². The average molecular weight is 262 g/mol. The molecule has 0 atom stereocenters. The lowest BCUT2D eigenvalue weighted by Gasteiger charge is -2.36. The van der Waals surface area contributed by atoms with Crippen molar-refractivity contribution in [2.75, 3.05) is 0 Å². The molecule has 1 aromatic rings. The van der Waals surface area contributed by atoms with Crippen molar-refractivity contribution in [3.8, 4) is 0 Å². The van der Waals surface area contributed by atoms with Gasteiger partial charge in [-0.25, -0.2) is 0 Å². The predicted octanol–water partition coefficient (Wildman–Crippen LogP) is 5.24. The fraction of sp³-hybridized carbons (Fsp3) is 0.500. The molecule has 1 nitrogen and oxygen atoms in total. The van der Waals surface area contributed by atoms with Gasteiger partial charge < -0.3 is 4.43 Å². The third-order valence-corrected chi connectivity index (χ3v) is 8.19. The Labute approximate surface area is 113 Å². The Hall–Kier alpha value is -0.863. The average Bonchev–Trinajstić information content (AvgIpc) is 2.26. The van der Waals surface area contributed by atoms with E-state index in [2.05, 4.69) is 70.3 Å². The lowest BCUT2D eigenvalue weighted by Crippen LogP contribution is -2.40. The molecule has 0 aliphatic carbocycles.